The maximum Gasteiger partial charge on any atom is 0.315 e. The van der Waals surface area contributed by atoms with Crippen molar-refractivity contribution < 1.29 is 14.3 Å². The minimum Gasteiger partial charge on any atom is -0.493 e. The van der Waals surface area contributed by atoms with E-state index in [1.807, 2.05) is 26.8 Å². The molecule has 0 aliphatic carbocycles. The van der Waals surface area contributed by atoms with E-state index in [9.17, 15) is 4.79 Å². The molecule has 0 saturated carbocycles. The topological polar surface area (TPSA) is 62.8 Å². The Morgan fingerprint density at radius 3 is 2.40 bits per heavy atom. The van der Waals surface area contributed by atoms with E-state index in [-0.39, 0.29) is 17.6 Å². The number of nitrogens with zero attached hydrogens (tertiary/aromatic N) is 1. The standard InChI is InChI=1S/C24H33N3O3/c1-24(2,3)26-23(28)25-15-20-19-14-22(30-5)21(29-4)13-18(19)11-12-27(20)16-17-9-7-6-8-10-17/h6-10,13-14,20H,11-12,15-16H2,1-5H3,(H2,25,26,28). The molecular formula is C24H33N3O3. The Morgan fingerprint density at radius 1 is 1.10 bits per heavy atom. The van der Waals surface area contributed by atoms with Gasteiger partial charge in [0, 0.05) is 25.2 Å². The van der Waals surface area contributed by atoms with Crippen LogP contribution in [-0.4, -0.2) is 43.8 Å². The molecule has 2 aromatic rings. The quantitative estimate of drug-likeness (QED) is 0.757. The molecule has 30 heavy (non-hydrogen) atoms. The zero-order chi connectivity index (χ0) is 21.7. The Labute approximate surface area is 179 Å². The van der Waals surface area contributed by atoms with Crippen molar-refractivity contribution >= 4 is 6.03 Å². The molecule has 0 aromatic heterocycles. The van der Waals surface area contributed by atoms with Crippen LogP contribution >= 0.6 is 0 Å². The van der Waals surface area contributed by atoms with Crippen LogP contribution in [0.1, 0.15) is 43.5 Å². The number of hydrogen-bond acceptors (Lipinski definition) is 4. The summed E-state index contributed by atoms with van der Waals surface area (Å²) in [5, 5.41) is 6.04. The minimum absolute atomic E-state index is 0.0412. The van der Waals surface area contributed by atoms with Gasteiger partial charge in [-0.3, -0.25) is 4.90 Å². The van der Waals surface area contributed by atoms with Crippen LogP contribution in [0.15, 0.2) is 42.5 Å². The molecule has 0 saturated heterocycles. The predicted molar refractivity (Wildman–Crippen MR) is 119 cm³/mol. The molecule has 0 fully saturated rings. The maximum absolute atomic E-state index is 12.4. The third-order valence-electron chi connectivity index (χ3n) is 5.29. The van der Waals surface area contributed by atoms with Crippen LogP contribution in [0.5, 0.6) is 11.5 Å². The van der Waals surface area contributed by atoms with E-state index in [1.54, 1.807) is 14.2 Å². The number of amides is 2. The van der Waals surface area contributed by atoms with Crippen molar-refractivity contribution in [1.82, 2.24) is 15.5 Å². The van der Waals surface area contributed by atoms with E-state index >= 15 is 0 Å². The first-order chi connectivity index (χ1) is 14.3. The van der Waals surface area contributed by atoms with Crippen molar-refractivity contribution in [3.63, 3.8) is 0 Å². The highest BCUT2D eigenvalue weighted by atomic mass is 16.5. The third kappa shape index (κ3) is 5.45. The van der Waals surface area contributed by atoms with Gasteiger partial charge in [-0.1, -0.05) is 30.3 Å². The monoisotopic (exact) mass is 411 g/mol. The van der Waals surface area contributed by atoms with Crippen LogP contribution in [0.4, 0.5) is 4.79 Å². The van der Waals surface area contributed by atoms with E-state index < -0.39 is 0 Å². The van der Waals surface area contributed by atoms with Crippen LogP contribution in [0.2, 0.25) is 0 Å². The van der Waals surface area contributed by atoms with E-state index in [4.69, 9.17) is 9.47 Å². The van der Waals surface area contributed by atoms with E-state index in [2.05, 4.69) is 51.9 Å². The third-order valence-corrected chi connectivity index (χ3v) is 5.29. The molecule has 2 N–H and O–H groups in total. The van der Waals surface area contributed by atoms with E-state index in [0.717, 1.165) is 25.3 Å². The molecule has 1 heterocycles. The summed E-state index contributed by atoms with van der Waals surface area (Å²) in [7, 11) is 3.31. The van der Waals surface area contributed by atoms with Crippen molar-refractivity contribution in [2.45, 2.75) is 45.3 Å². The van der Waals surface area contributed by atoms with Gasteiger partial charge in [0.1, 0.15) is 0 Å². The first-order valence-electron chi connectivity index (χ1n) is 10.4. The minimum atomic E-state index is -0.283. The molecule has 2 amide bonds. The molecule has 0 radical (unpaired) electrons. The number of benzene rings is 2. The van der Waals surface area contributed by atoms with Crippen molar-refractivity contribution in [1.29, 1.82) is 0 Å². The summed E-state index contributed by atoms with van der Waals surface area (Å²) in [6, 6.07) is 14.4. The molecule has 1 atom stereocenters. The SMILES string of the molecule is COc1cc2c(cc1OC)C(CNC(=O)NC(C)(C)C)N(Cc1ccccc1)CC2. The van der Waals surface area contributed by atoms with Gasteiger partial charge in [0.2, 0.25) is 0 Å². The second-order valence-electron chi connectivity index (χ2n) is 8.71. The smallest absolute Gasteiger partial charge is 0.315 e. The first-order valence-corrected chi connectivity index (χ1v) is 10.4. The average molecular weight is 412 g/mol. The molecule has 1 unspecified atom stereocenters. The molecule has 0 spiro atoms. The molecule has 162 valence electrons. The van der Waals surface area contributed by atoms with Crippen LogP contribution in [0.3, 0.4) is 0 Å². The largest absolute Gasteiger partial charge is 0.493 e. The number of fused-ring (bicyclic) bond motifs is 1. The lowest BCUT2D eigenvalue weighted by molar-refractivity contribution is 0.169. The molecule has 6 nitrogen and oxygen atoms in total. The highest BCUT2D eigenvalue weighted by molar-refractivity contribution is 5.74. The summed E-state index contributed by atoms with van der Waals surface area (Å²) < 4.78 is 11.0. The highest BCUT2D eigenvalue weighted by Gasteiger charge is 2.30. The zero-order valence-electron chi connectivity index (χ0n) is 18.6. The Hall–Kier alpha value is -2.73. The van der Waals surface area contributed by atoms with Gasteiger partial charge in [0.05, 0.1) is 20.3 Å². The predicted octanol–water partition coefficient (Wildman–Crippen LogP) is 3.90. The van der Waals surface area contributed by atoms with Crippen molar-refractivity contribution in [3.05, 3.63) is 59.2 Å². The first kappa shape index (κ1) is 22.0. The number of carbonyl (C=O) groups excluding carboxylic acids is 1. The Bertz CT molecular complexity index is 862. The van der Waals surface area contributed by atoms with Gasteiger partial charge < -0.3 is 20.1 Å². The summed E-state index contributed by atoms with van der Waals surface area (Å²) in [4.78, 5) is 14.8. The number of nitrogens with one attached hydrogen (secondary N) is 2. The Kier molecular flexibility index (Phi) is 6.87. The average Bonchev–Trinajstić information content (AvgIpc) is 2.71. The van der Waals surface area contributed by atoms with E-state index in [1.165, 1.54) is 16.7 Å². The molecular weight excluding hydrogens is 378 g/mol. The Balaban J connectivity index is 1.87. The van der Waals surface area contributed by atoms with Gasteiger partial charge in [0.15, 0.2) is 11.5 Å². The number of ether oxygens (including phenoxy) is 2. The summed E-state index contributed by atoms with van der Waals surface area (Å²) in [6.07, 6.45) is 0.924. The van der Waals surface area contributed by atoms with Gasteiger partial charge in [-0.05, 0) is 56.0 Å². The fourth-order valence-electron chi connectivity index (χ4n) is 3.90. The van der Waals surface area contributed by atoms with Crippen molar-refractivity contribution in [2.75, 3.05) is 27.3 Å². The van der Waals surface area contributed by atoms with Crippen LogP contribution in [0, 0.1) is 0 Å². The zero-order valence-corrected chi connectivity index (χ0v) is 18.6. The second kappa shape index (κ2) is 9.39. The number of carbonyl (C=O) groups is 1. The molecule has 1 aliphatic heterocycles. The molecule has 2 aromatic carbocycles. The molecule has 1 aliphatic rings. The van der Waals surface area contributed by atoms with Gasteiger partial charge in [0.25, 0.3) is 0 Å². The summed E-state index contributed by atoms with van der Waals surface area (Å²) >= 11 is 0. The van der Waals surface area contributed by atoms with Crippen molar-refractivity contribution in [3.8, 4) is 11.5 Å². The lowest BCUT2D eigenvalue weighted by atomic mass is 9.91. The number of methoxy groups -OCH3 is 2. The molecule has 6 heteroatoms. The van der Waals surface area contributed by atoms with Crippen LogP contribution in [-0.2, 0) is 13.0 Å². The summed E-state index contributed by atoms with van der Waals surface area (Å²) in [5.74, 6) is 1.45. The molecule has 3 rings (SSSR count). The van der Waals surface area contributed by atoms with Gasteiger partial charge in [-0.2, -0.15) is 0 Å². The van der Waals surface area contributed by atoms with Crippen molar-refractivity contribution in [2.24, 2.45) is 0 Å². The fraction of sp³-hybridized carbons (Fsp3) is 0.458. The summed E-state index contributed by atoms with van der Waals surface area (Å²) in [6.45, 7) is 8.16. The summed E-state index contributed by atoms with van der Waals surface area (Å²) in [5.41, 5.74) is 3.38. The van der Waals surface area contributed by atoms with Gasteiger partial charge >= 0.3 is 6.03 Å². The van der Waals surface area contributed by atoms with Crippen LogP contribution < -0.4 is 20.1 Å². The second-order valence-corrected chi connectivity index (χ2v) is 8.71. The fourth-order valence-corrected chi connectivity index (χ4v) is 3.90. The maximum atomic E-state index is 12.4. The number of hydrogen-bond donors (Lipinski definition) is 2. The molecule has 0 bridgehead atoms. The van der Waals surface area contributed by atoms with Gasteiger partial charge in [-0.15, -0.1) is 0 Å². The van der Waals surface area contributed by atoms with Crippen LogP contribution in [0.25, 0.3) is 0 Å². The Morgan fingerprint density at radius 2 is 1.77 bits per heavy atom. The number of rotatable bonds is 6. The lowest BCUT2D eigenvalue weighted by Gasteiger charge is -2.38. The van der Waals surface area contributed by atoms with E-state index in [0.29, 0.717) is 12.3 Å². The normalized spacial score (nSPS) is 16.5. The lowest BCUT2D eigenvalue weighted by Crippen LogP contribution is -2.49. The van der Waals surface area contributed by atoms with Gasteiger partial charge in [-0.25, -0.2) is 4.79 Å². The number of urea groups is 1. The highest BCUT2D eigenvalue weighted by Crippen LogP contribution is 2.38.